The van der Waals surface area contributed by atoms with Gasteiger partial charge >= 0.3 is 6.18 Å². The number of nitrogens with zero attached hydrogens (tertiary/aromatic N) is 1. The second kappa shape index (κ2) is 10.0. The monoisotopic (exact) mass is 431 g/mol. The van der Waals surface area contributed by atoms with Crippen LogP contribution < -0.4 is 14.8 Å². The molecule has 1 aliphatic heterocycles. The summed E-state index contributed by atoms with van der Waals surface area (Å²) in [4.78, 5) is 14.8. The standard InChI is InChI=1S/C20H28F3N3O2S/c1-28-17-11-15(10-16(12-17)20(21,22)23)19(27)24-13-14-4-7-26(8-5-14)9-6-25-29-18-2-3-18/h10-12,14,18,25H,2-9,13H2,1H3,(H,24,27). The van der Waals surface area contributed by atoms with Gasteiger partial charge in [-0.3, -0.25) is 9.52 Å². The third kappa shape index (κ3) is 7.08. The van der Waals surface area contributed by atoms with Crippen LogP contribution in [0.4, 0.5) is 13.2 Å². The third-order valence-corrected chi connectivity index (χ3v) is 6.47. The van der Waals surface area contributed by atoms with Crippen molar-refractivity contribution < 1.29 is 22.7 Å². The van der Waals surface area contributed by atoms with Crippen molar-refractivity contribution in [1.29, 1.82) is 0 Å². The zero-order valence-corrected chi connectivity index (χ0v) is 17.4. The number of carbonyl (C=O) groups is 1. The molecule has 0 unspecified atom stereocenters. The van der Waals surface area contributed by atoms with Crippen LogP contribution in [0.15, 0.2) is 18.2 Å². The van der Waals surface area contributed by atoms with Gasteiger partial charge in [-0.2, -0.15) is 13.2 Å². The van der Waals surface area contributed by atoms with Gasteiger partial charge in [0.1, 0.15) is 5.75 Å². The Labute approximate surface area is 173 Å². The summed E-state index contributed by atoms with van der Waals surface area (Å²) in [5, 5.41) is 3.60. The fraction of sp³-hybridized carbons (Fsp3) is 0.650. The van der Waals surface area contributed by atoms with Crippen molar-refractivity contribution in [3.05, 3.63) is 29.3 Å². The second-order valence-electron chi connectivity index (χ2n) is 7.65. The SMILES string of the molecule is COc1cc(C(=O)NCC2CCN(CCNSC3CC3)CC2)cc(C(F)(F)F)c1. The molecule has 1 aromatic carbocycles. The Balaban J connectivity index is 1.41. The van der Waals surface area contributed by atoms with Gasteiger partial charge in [-0.15, -0.1) is 0 Å². The van der Waals surface area contributed by atoms with Crippen LogP contribution in [0.25, 0.3) is 0 Å². The van der Waals surface area contributed by atoms with E-state index in [2.05, 4.69) is 14.9 Å². The number of halogens is 3. The van der Waals surface area contributed by atoms with Crippen molar-refractivity contribution in [2.24, 2.45) is 5.92 Å². The summed E-state index contributed by atoms with van der Waals surface area (Å²) in [5.74, 6) is -0.137. The molecule has 1 heterocycles. The fourth-order valence-corrected chi connectivity index (χ4v) is 4.15. The summed E-state index contributed by atoms with van der Waals surface area (Å²) in [6.45, 7) is 4.42. The van der Waals surface area contributed by atoms with Crippen molar-refractivity contribution in [1.82, 2.24) is 14.9 Å². The van der Waals surface area contributed by atoms with Crippen LogP contribution in [0.2, 0.25) is 0 Å². The van der Waals surface area contributed by atoms with Gasteiger partial charge in [-0.25, -0.2) is 0 Å². The molecule has 1 aromatic rings. The Hall–Kier alpha value is -1.45. The maximum Gasteiger partial charge on any atom is 0.416 e. The molecule has 5 nitrogen and oxygen atoms in total. The van der Waals surface area contributed by atoms with E-state index >= 15 is 0 Å². The molecule has 0 bridgehead atoms. The van der Waals surface area contributed by atoms with E-state index in [4.69, 9.17) is 4.74 Å². The first-order valence-electron chi connectivity index (χ1n) is 10.0. The molecule has 2 aliphatic rings. The van der Waals surface area contributed by atoms with Crippen LogP contribution in [-0.2, 0) is 6.18 Å². The summed E-state index contributed by atoms with van der Waals surface area (Å²) < 4.78 is 47.4. The summed E-state index contributed by atoms with van der Waals surface area (Å²) in [6, 6.07) is 3.09. The summed E-state index contributed by atoms with van der Waals surface area (Å²) in [6.07, 6.45) is 0.0659. The molecule has 0 spiro atoms. The molecule has 162 valence electrons. The smallest absolute Gasteiger partial charge is 0.416 e. The van der Waals surface area contributed by atoms with Gasteiger partial charge in [0.15, 0.2) is 0 Å². The van der Waals surface area contributed by atoms with E-state index in [0.29, 0.717) is 12.5 Å². The first kappa shape index (κ1) is 22.2. The molecule has 1 saturated carbocycles. The highest BCUT2D eigenvalue weighted by Crippen LogP contribution is 2.33. The molecule has 9 heteroatoms. The van der Waals surface area contributed by atoms with Crippen LogP contribution in [-0.4, -0.2) is 55.9 Å². The van der Waals surface area contributed by atoms with Gasteiger partial charge in [-0.05, 0) is 62.9 Å². The Kier molecular flexibility index (Phi) is 7.70. The number of hydrogen-bond donors (Lipinski definition) is 2. The number of amides is 1. The Morgan fingerprint density at radius 3 is 2.55 bits per heavy atom. The topological polar surface area (TPSA) is 53.6 Å². The zero-order chi connectivity index (χ0) is 20.9. The van der Waals surface area contributed by atoms with E-state index in [0.717, 1.165) is 56.4 Å². The number of benzene rings is 1. The number of nitrogens with one attached hydrogen (secondary N) is 2. The number of methoxy groups -OCH3 is 1. The van der Waals surface area contributed by atoms with Crippen molar-refractivity contribution in [2.45, 2.75) is 37.1 Å². The van der Waals surface area contributed by atoms with Gasteiger partial charge in [0.2, 0.25) is 0 Å². The minimum atomic E-state index is -4.53. The normalized spacial score (nSPS) is 18.6. The molecule has 1 saturated heterocycles. The van der Waals surface area contributed by atoms with E-state index in [1.165, 1.54) is 26.0 Å². The van der Waals surface area contributed by atoms with Gasteiger partial charge in [0.05, 0.1) is 12.7 Å². The maximum atomic E-state index is 13.0. The van der Waals surface area contributed by atoms with Crippen LogP contribution in [0.3, 0.4) is 0 Å². The molecular weight excluding hydrogens is 403 g/mol. The first-order chi connectivity index (χ1) is 13.8. The Morgan fingerprint density at radius 1 is 1.21 bits per heavy atom. The van der Waals surface area contributed by atoms with E-state index in [9.17, 15) is 18.0 Å². The number of alkyl halides is 3. The predicted molar refractivity (Wildman–Crippen MR) is 108 cm³/mol. The van der Waals surface area contributed by atoms with Crippen molar-refractivity contribution in [3.8, 4) is 5.75 Å². The molecule has 2 fully saturated rings. The van der Waals surface area contributed by atoms with Gasteiger partial charge in [-0.1, -0.05) is 11.9 Å². The molecule has 0 atom stereocenters. The minimum Gasteiger partial charge on any atom is -0.497 e. The van der Waals surface area contributed by atoms with Crippen molar-refractivity contribution in [2.75, 3.05) is 39.8 Å². The lowest BCUT2D eigenvalue weighted by Gasteiger charge is -2.32. The molecule has 29 heavy (non-hydrogen) atoms. The van der Waals surface area contributed by atoms with Crippen LogP contribution in [0, 0.1) is 5.92 Å². The second-order valence-corrected chi connectivity index (χ2v) is 8.85. The lowest BCUT2D eigenvalue weighted by Crippen LogP contribution is -2.40. The van der Waals surface area contributed by atoms with Crippen LogP contribution in [0.1, 0.15) is 41.6 Å². The third-order valence-electron chi connectivity index (χ3n) is 5.29. The van der Waals surface area contributed by atoms with Gasteiger partial charge in [0.25, 0.3) is 5.91 Å². The van der Waals surface area contributed by atoms with Crippen LogP contribution in [0.5, 0.6) is 5.75 Å². The quantitative estimate of drug-likeness (QED) is 0.463. The lowest BCUT2D eigenvalue weighted by molar-refractivity contribution is -0.137. The zero-order valence-electron chi connectivity index (χ0n) is 16.6. The molecule has 0 radical (unpaired) electrons. The maximum absolute atomic E-state index is 13.0. The molecule has 1 aliphatic carbocycles. The largest absolute Gasteiger partial charge is 0.497 e. The number of likely N-dealkylation sites (tertiary alicyclic amines) is 1. The predicted octanol–water partition coefficient (Wildman–Crippen LogP) is 3.56. The number of ether oxygens (including phenoxy) is 1. The van der Waals surface area contributed by atoms with Gasteiger partial charge < -0.3 is 15.0 Å². The highest BCUT2D eigenvalue weighted by Gasteiger charge is 2.32. The molecular formula is C20H28F3N3O2S. The highest BCUT2D eigenvalue weighted by molar-refractivity contribution is 7.98. The van der Waals surface area contributed by atoms with E-state index in [1.807, 2.05) is 11.9 Å². The first-order valence-corrected chi connectivity index (χ1v) is 10.9. The van der Waals surface area contributed by atoms with Crippen LogP contribution >= 0.6 is 11.9 Å². The molecule has 2 N–H and O–H groups in total. The Morgan fingerprint density at radius 2 is 1.93 bits per heavy atom. The lowest BCUT2D eigenvalue weighted by atomic mass is 9.96. The average Bonchev–Trinajstić information content (AvgIpc) is 3.53. The fourth-order valence-electron chi connectivity index (χ4n) is 3.33. The number of carbonyl (C=O) groups excluding carboxylic acids is 1. The minimum absolute atomic E-state index is 0.0201. The van der Waals surface area contributed by atoms with E-state index in [1.54, 1.807) is 0 Å². The molecule has 1 amide bonds. The number of hydrogen-bond acceptors (Lipinski definition) is 5. The average molecular weight is 432 g/mol. The van der Waals surface area contributed by atoms with E-state index in [-0.39, 0.29) is 11.3 Å². The molecule has 0 aromatic heterocycles. The summed E-state index contributed by atoms with van der Waals surface area (Å²) in [7, 11) is 1.28. The van der Waals surface area contributed by atoms with Crippen molar-refractivity contribution >= 4 is 17.9 Å². The number of piperidine rings is 1. The number of rotatable bonds is 9. The highest BCUT2D eigenvalue weighted by atomic mass is 32.2. The summed E-state index contributed by atoms with van der Waals surface area (Å²) in [5.41, 5.74) is -0.919. The Bertz CT molecular complexity index is 690. The molecule has 3 rings (SSSR count). The van der Waals surface area contributed by atoms with E-state index < -0.39 is 17.6 Å². The van der Waals surface area contributed by atoms with Crippen molar-refractivity contribution in [3.63, 3.8) is 0 Å². The van der Waals surface area contributed by atoms with Gasteiger partial charge in [0, 0.05) is 30.4 Å². The summed E-state index contributed by atoms with van der Waals surface area (Å²) >= 11 is 1.84.